The monoisotopic (exact) mass is 338 g/mol. The number of ether oxygens (including phenoxy) is 2. The molecule has 0 aliphatic heterocycles. The lowest BCUT2D eigenvalue weighted by Crippen LogP contribution is -2.20. The predicted molar refractivity (Wildman–Crippen MR) is 88.3 cm³/mol. The van der Waals surface area contributed by atoms with Crippen molar-refractivity contribution < 1.29 is 23.8 Å². The van der Waals surface area contributed by atoms with Crippen molar-refractivity contribution in [2.75, 3.05) is 25.2 Å². The van der Waals surface area contributed by atoms with Crippen LogP contribution < -0.4 is 10.2 Å². The minimum absolute atomic E-state index is 0.0685. The van der Waals surface area contributed by atoms with E-state index in [1.807, 2.05) is 6.26 Å². The molecule has 1 aromatic carbocycles. The van der Waals surface area contributed by atoms with Gasteiger partial charge in [0.1, 0.15) is 23.3 Å². The highest BCUT2D eigenvalue weighted by Gasteiger charge is 2.16. The molecule has 2 rings (SSSR count). The van der Waals surface area contributed by atoms with Crippen LogP contribution >= 0.6 is 11.8 Å². The third kappa shape index (κ3) is 4.27. The minimum Gasteiger partial charge on any atom is -0.490 e. The van der Waals surface area contributed by atoms with E-state index in [9.17, 15) is 14.7 Å². The van der Waals surface area contributed by atoms with E-state index in [2.05, 4.69) is 0 Å². The molecule has 1 heterocycles. The lowest BCUT2D eigenvalue weighted by molar-refractivity contribution is 0.0490. The smallest absolute Gasteiger partial charge is 0.374 e. The Kier molecular flexibility index (Phi) is 6.06. The molecule has 1 N–H and O–H groups in total. The van der Waals surface area contributed by atoms with Gasteiger partial charge in [-0.2, -0.15) is 11.8 Å². The normalized spacial score (nSPS) is 12.1. The van der Waals surface area contributed by atoms with Crippen LogP contribution in [0.25, 0.3) is 11.0 Å². The molecule has 0 aliphatic carbocycles. The van der Waals surface area contributed by atoms with Crippen LogP contribution in [0.15, 0.2) is 33.5 Å². The first-order chi connectivity index (χ1) is 11.1. The highest BCUT2D eigenvalue weighted by Crippen LogP contribution is 2.23. The van der Waals surface area contributed by atoms with Gasteiger partial charge >= 0.3 is 5.97 Å². The number of rotatable bonds is 7. The molecule has 2 aromatic rings. The third-order valence-electron chi connectivity index (χ3n) is 2.98. The largest absolute Gasteiger partial charge is 0.490 e. The van der Waals surface area contributed by atoms with Crippen LogP contribution in [-0.4, -0.2) is 42.4 Å². The van der Waals surface area contributed by atoms with Crippen LogP contribution in [0.5, 0.6) is 5.75 Å². The fourth-order valence-electron chi connectivity index (χ4n) is 2.03. The van der Waals surface area contributed by atoms with Gasteiger partial charge in [0.15, 0.2) is 5.43 Å². The van der Waals surface area contributed by atoms with E-state index < -0.39 is 17.5 Å². The Balaban J connectivity index is 2.34. The van der Waals surface area contributed by atoms with Crippen LogP contribution in [0.4, 0.5) is 0 Å². The Bertz CT molecular complexity index is 739. The summed E-state index contributed by atoms with van der Waals surface area (Å²) >= 11 is 1.50. The van der Waals surface area contributed by atoms with Gasteiger partial charge in [0.25, 0.3) is 0 Å². The SMILES string of the molecule is CCOC(=O)c1cc(=O)c2c(OCC(O)CSC)cccc2o1. The molecule has 7 heteroatoms. The highest BCUT2D eigenvalue weighted by atomic mass is 32.2. The van der Waals surface area contributed by atoms with Crippen molar-refractivity contribution in [1.82, 2.24) is 0 Å². The molecule has 1 atom stereocenters. The van der Waals surface area contributed by atoms with E-state index in [1.165, 1.54) is 11.8 Å². The van der Waals surface area contributed by atoms with E-state index in [0.29, 0.717) is 11.5 Å². The van der Waals surface area contributed by atoms with E-state index >= 15 is 0 Å². The molecule has 23 heavy (non-hydrogen) atoms. The molecule has 0 amide bonds. The van der Waals surface area contributed by atoms with E-state index in [4.69, 9.17) is 13.9 Å². The van der Waals surface area contributed by atoms with Crippen molar-refractivity contribution in [3.05, 3.63) is 40.2 Å². The lowest BCUT2D eigenvalue weighted by atomic mass is 10.2. The van der Waals surface area contributed by atoms with Gasteiger partial charge in [0.2, 0.25) is 5.76 Å². The molecule has 0 saturated carbocycles. The zero-order valence-electron chi connectivity index (χ0n) is 12.9. The zero-order valence-corrected chi connectivity index (χ0v) is 13.7. The second kappa shape index (κ2) is 8.03. The predicted octanol–water partition coefficient (Wildman–Crippen LogP) is 2.07. The second-order valence-corrected chi connectivity index (χ2v) is 5.66. The van der Waals surface area contributed by atoms with Crippen molar-refractivity contribution >= 4 is 28.7 Å². The van der Waals surface area contributed by atoms with Crippen molar-refractivity contribution in [2.24, 2.45) is 0 Å². The zero-order chi connectivity index (χ0) is 16.8. The highest BCUT2D eigenvalue weighted by molar-refractivity contribution is 7.98. The maximum atomic E-state index is 12.3. The molecule has 0 aliphatic rings. The number of carbonyl (C=O) groups excluding carboxylic acids is 1. The summed E-state index contributed by atoms with van der Waals surface area (Å²) in [5.41, 5.74) is -0.165. The van der Waals surface area contributed by atoms with Gasteiger partial charge in [-0.1, -0.05) is 6.07 Å². The standard InChI is InChI=1S/C16H18O6S/c1-3-20-16(19)14-7-11(18)15-12(5-4-6-13(15)22-14)21-8-10(17)9-23-2/h4-7,10,17H,3,8-9H2,1-2H3. The number of thioether (sulfide) groups is 1. The van der Waals surface area contributed by atoms with Gasteiger partial charge in [-0.05, 0) is 25.3 Å². The topological polar surface area (TPSA) is 86.0 Å². The summed E-state index contributed by atoms with van der Waals surface area (Å²) in [7, 11) is 0. The molecular formula is C16H18O6S. The fraction of sp³-hybridized carbons (Fsp3) is 0.375. The molecule has 0 bridgehead atoms. The summed E-state index contributed by atoms with van der Waals surface area (Å²) in [5, 5.41) is 9.95. The number of benzene rings is 1. The number of aliphatic hydroxyl groups is 1. The molecule has 1 aromatic heterocycles. The van der Waals surface area contributed by atoms with Gasteiger partial charge in [0.05, 0.1) is 12.7 Å². The summed E-state index contributed by atoms with van der Waals surface area (Å²) in [5.74, 6) is 0.00998. The molecule has 0 radical (unpaired) electrons. The van der Waals surface area contributed by atoms with E-state index in [-0.39, 0.29) is 29.9 Å². The summed E-state index contributed by atoms with van der Waals surface area (Å²) in [6.45, 7) is 1.93. The second-order valence-electron chi connectivity index (χ2n) is 4.74. The Morgan fingerprint density at radius 2 is 2.22 bits per heavy atom. The van der Waals surface area contributed by atoms with Crippen molar-refractivity contribution in [3.8, 4) is 5.75 Å². The van der Waals surface area contributed by atoms with Crippen LogP contribution in [0.3, 0.4) is 0 Å². The minimum atomic E-state index is -0.687. The van der Waals surface area contributed by atoms with Gasteiger partial charge in [-0.3, -0.25) is 4.79 Å². The van der Waals surface area contributed by atoms with Gasteiger partial charge in [-0.15, -0.1) is 0 Å². The molecule has 6 nitrogen and oxygen atoms in total. The van der Waals surface area contributed by atoms with Crippen LogP contribution in [0.1, 0.15) is 17.5 Å². The van der Waals surface area contributed by atoms with Crippen molar-refractivity contribution in [3.63, 3.8) is 0 Å². The fourth-order valence-corrected chi connectivity index (χ4v) is 2.51. The first kappa shape index (κ1) is 17.4. The van der Waals surface area contributed by atoms with Crippen LogP contribution in [0.2, 0.25) is 0 Å². The van der Waals surface area contributed by atoms with E-state index in [0.717, 1.165) is 6.07 Å². The number of hydrogen-bond donors (Lipinski definition) is 1. The maximum absolute atomic E-state index is 12.3. The van der Waals surface area contributed by atoms with Crippen LogP contribution in [-0.2, 0) is 4.74 Å². The number of fused-ring (bicyclic) bond motifs is 1. The summed E-state index contributed by atoms with van der Waals surface area (Å²) in [6, 6.07) is 5.93. The molecule has 0 fully saturated rings. The molecule has 0 saturated heterocycles. The first-order valence-corrected chi connectivity index (χ1v) is 8.50. The van der Waals surface area contributed by atoms with Crippen molar-refractivity contribution in [2.45, 2.75) is 13.0 Å². The molecule has 124 valence electrons. The lowest BCUT2D eigenvalue weighted by Gasteiger charge is -2.12. The number of esters is 1. The summed E-state index contributed by atoms with van der Waals surface area (Å²) in [6.07, 6.45) is 1.25. The Morgan fingerprint density at radius 1 is 1.43 bits per heavy atom. The summed E-state index contributed by atoms with van der Waals surface area (Å²) in [4.78, 5) is 24.0. The Hall–Kier alpha value is -1.99. The number of carbonyl (C=O) groups is 1. The average Bonchev–Trinajstić information content (AvgIpc) is 2.53. The Morgan fingerprint density at radius 3 is 2.91 bits per heavy atom. The third-order valence-corrected chi connectivity index (χ3v) is 3.70. The van der Waals surface area contributed by atoms with E-state index in [1.54, 1.807) is 25.1 Å². The average molecular weight is 338 g/mol. The summed E-state index contributed by atoms with van der Waals surface area (Å²) < 4.78 is 15.8. The Labute approximate surface area is 137 Å². The maximum Gasteiger partial charge on any atom is 0.374 e. The molecule has 0 spiro atoms. The van der Waals surface area contributed by atoms with Gasteiger partial charge in [-0.25, -0.2) is 4.79 Å². The molecular weight excluding hydrogens is 320 g/mol. The number of aliphatic hydroxyl groups excluding tert-OH is 1. The number of hydrogen-bond acceptors (Lipinski definition) is 7. The van der Waals surface area contributed by atoms with Crippen LogP contribution in [0, 0.1) is 0 Å². The molecule has 1 unspecified atom stereocenters. The van der Waals surface area contributed by atoms with Crippen molar-refractivity contribution in [1.29, 1.82) is 0 Å². The quantitative estimate of drug-likeness (QED) is 0.773. The first-order valence-electron chi connectivity index (χ1n) is 7.10. The van der Waals surface area contributed by atoms with Gasteiger partial charge < -0.3 is 19.0 Å². The van der Waals surface area contributed by atoms with Gasteiger partial charge in [0, 0.05) is 11.8 Å².